The fourth-order valence-electron chi connectivity index (χ4n) is 3.90. The summed E-state index contributed by atoms with van der Waals surface area (Å²) in [6.45, 7) is 5.71. The second-order valence-corrected chi connectivity index (χ2v) is 5.70. The van der Waals surface area contributed by atoms with Gasteiger partial charge in [-0.25, -0.2) is 0 Å². The molecular weight excluding hydrogens is 146 g/mol. The van der Waals surface area contributed by atoms with Gasteiger partial charge in [-0.05, 0) is 49.0 Å². The zero-order valence-corrected chi connectivity index (χ0v) is 8.40. The van der Waals surface area contributed by atoms with Crippen LogP contribution in [-0.2, 0) is 0 Å². The molecule has 2 saturated carbocycles. The number of hydrogen-bond donors (Lipinski definition) is 1. The summed E-state index contributed by atoms with van der Waals surface area (Å²) in [6.07, 6.45) is 7.15. The Balaban J connectivity index is 2.04. The van der Waals surface area contributed by atoms with Crippen molar-refractivity contribution in [3.05, 3.63) is 0 Å². The Bertz CT molecular complexity index is 175. The van der Waals surface area contributed by atoms with Crippen LogP contribution in [0.4, 0.5) is 0 Å². The quantitative estimate of drug-likeness (QED) is 0.638. The lowest BCUT2D eigenvalue weighted by Crippen LogP contribution is -2.47. The Morgan fingerprint density at radius 1 is 1.33 bits per heavy atom. The van der Waals surface area contributed by atoms with E-state index < -0.39 is 0 Å². The van der Waals surface area contributed by atoms with E-state index in [1.807, 2.05) is 0 Å². The number of nitrogens with two attached hydrogens (primary N) is 1. The molecule has 1 atom stereocenters. The predicted molar refractivity (Wildman–Crippen MR) is 51.8 cm³/mol. The highest BCUT2D eigenvalue weighted by Gasteiger charge is 2.54. The van der Waals surface area contributed by atoms with Crippen molar-refractivity contribution in [2.45, 2.75) is 46.0 Å². The van der Waals surface area contributed by atoms with Crippen molar-refractivity contribution >= 4 is 0 Å². The summed E-state index contributed by atoms with van der Waals surface area (Å²) in [7, 11) is 0. The van der Waals surface area contributed by atoms with Gasteiger partial charge in [0.15, 0.2) is 0 Å². The second kappa shape index (κ2) is 2.47. The Kier molecular flexibility index (Phi) is 1.76. The van der Waals surface area contributed by atoms with Gasteiger partial charge in [-0.3, -0.25) is 0 Å². The minimum Gasteiger partial charge on any atom is -0.330 e. The van der Waals surface area contributed by atoms with Crippen LogP contribution in [0.1, 0.15) is 46.0 Å². The summed E-state index contributed by atoms with van der Waals surface area (Å²) < 4.78 is 0. The third kappa shape index (κ3) is 1.10. The van der Waals surface area contributed by atoms with E-state index in [9.17, 15) is 0 Å². The van der Waals surface area contributed by atoms with Crippen molar-refractivity contribution in [1.29, 1.82) is 0 Å². The van der Waals surface area contributed by atoms with Crippen molar-refractivity contribution in [3.63, 3.8) is 0 Å². The van der Waals surface area contributed by atoms with Gasteiger partial charge in [-0.15, -0.1) is 0 Å². The van der Waals surface area contributed by atoms with E-state index in [2.05, 4.69) is 13.8 Å². The molecule has 0 aromatic heterocycles. The van der Waals surface area contributed by atoms with Gasteiger partial charge >= 0.3 is 0 Å². The lowest BCUT2D eigenvalue weighted by molar-refractivity contribution is -0.0416. The molecule has 0 aromatic carbocycles. The molecule has 1 unspecified atom stereocenters. The largest absolute Gasteiger partial charge is 0.330 e. The highest BCUT2D eigenvalue weighted by molar-refractivity contribution is 5.05. The summed E-state index contributed by atoms with van der Waals surface area (Å²) in [4.78, 5) is 0. The number of rotatable bonds is 1. The molecule has 0 amide bonds. The molecule has 2 rings (SSSR count). The molecule has 1 heteroatoms. The van der Waals surface area contributed by atoms with Crippen LogP contribution < -0.4 is 5.73 Å². The van der Waals surface area contributed by atoms with Gasteiger partial charge in [-0.2, -0.15) is 0 Å². The van der Waals surface area contributed by atoms with Crippen LogP contribution >= 0.6 is 0 Å². The van der Waals surface area contributed by atoms with Crippen molar-refractivity contribution in [2.24, 2.45) is 22.5 Å². The van der Waals surface area contributed by atoms with Crippen LogP contribution in [0.3, 0.4) is 0 Å². The lowest BCUT2D eigenvalue weighted by atomic mass is 9.51. The Morgan fingerprint density at radius 3 is 2.50 bits per heavy atom. The summed E-state index contributed by atoms with van der Waals surface area (Å²) in [5.41, 5.74) is 7.12. The van der Waals surface area contributed by atoms with Crippen LogP contribution in [0, 0.1) is 16.7 Å². The minimum atomic E-state index is 0.623. The molecule has 12 heavy (non-hydrogen) atoms. The monoisotopic (exact) mass is 167 g/mol. The molecule has 2 fully saturated rings. The lowest BCUT2D eigenvalue weighted by Gasteiger charge is -2.55. The highest BCUT2D eigenvalue weighted by atomic mass is 14.7. The third-order valence-electron chi connectivity index (χ3n) is 4.04. The molecule has 0 saturated heterocycles. The summed E-state index contributed by atoms with van der Waals surface area (Å²) >= 11 is 0. The first-order valence-electron chi connectivity index (χ1n) is 5.28. The maximum absolute atomic E-state index is 5.81. The second-order valence-electron chi connectivity index (χ2n) is 5.70. The predicted octanol–water partition coefficient (Wildman–Crippen LogP) is 2.55. The Morgan fingerprint density at radius 2 is 2.00 bits per heavy atom. The maximum atomic E-state index is 5.81. The van der Waals surface area contributed by atoms with Crippen molar-refractivity contribution in [2.75, 3.05) is 6.54 Å². The molecule has 2 aliphatic carbocycles. The maximum Gasteiger partial charge on any atom is -0.00435 e. The van der Waals surface area contributed by atoms with E-state index in [4.69, 9.17) is 5.73 Å². The number of hydrogen-bond acceptors (Lipinski definition) is 1. The molecule has 0 heterocycles. The summed E-state index contributed by atoms with van der Waals surface area (Å²) in [6, 6.07) is 0. The first-order chi connectivity index (χ1) is 5.58. The van der Waals surface area contributed by atoms with Crippen molar-refractivity contribution < 1.29 is 0 Å². The molecule has 2 N–H and O–H groups in total. The minimum absolute atomic E-state index is 0.623. The molecule has 2 aliphatic rings. The molecule has 1 spiro atoms. The normalized spacial score (nSPS) is 36.8. The Hall–Kier alpha value is -0.0400. The van der Waals surface area contributed by atoms with E-state index in [1.165, 1.54) is 32.1 Å². The fraction of sp³-hybridized carbons (Fsp3) is 1.00. The topological polar surface area (TPSA) is 26.0 Å². The van der Waals surface area contributed by atoms with Gasteiger partial charge in [0, 0.05) is 0 Å². The first-order valence-corrected chi connectivity index (χ1v) is 5.28. The van der Waals surface area contributed by atoms with Gasteiger partial charge < -0.3 is 5.73 Å². The van der Waals surface area contributed by atoms with Gasteiger partial charge in [0.2, 0.25) is 0 Å². The van der Waals surface area contributed by atoms with E-state index in [0.717, 1.165) is 12.5 Å². The standard InChI is InChI=1S/C11H21N/c1-10(2)7-11(8-10)5-3-4-9(11)6-12/h9H,3-8,12H2,1-2H3. The molecule has 0 radical (unpaired) electrons. The molecule has 70 valence electrons. The van der Waals surface area contributed by atoms with Crippen molar-refractivity contribution in [3.8, 4) is 0 Å². The molecular formula is C11H21N. The highest BCUT2D eigenvalue weighted by Crippen LogP contribution is 2.64. The third-order valence-corrected chi connectivity index (χ3v) is 4.04. The molecule has 1 nitrogen and oxygen atoms in total. The fourth-order valence-corrected chi connectivity index (χ4v) is 3.90. The van der Waals surface area contributed by atoms with Crippen LogP contribution in [0.5, 0.6) is 0 Å². The first kappa shape index (κ1) is 8.55. The van der Waals surface area contributed by atoms with Crippen LogP contribution in [0.2, 0.25) is 0 Å². The van der Waals surface area contributed by atoms with Crippen LogP contribution in [0.15, 0.2) is 0 Å². The smallest absolute Gasteiger partial charge is 0.00435 e. The van der Waals surface area contributed by atoms with Gasteiger partial charge in [0.1, 0.15) is 0 Å². The van der Waals surface area contributed by atoms with E-state index in [-0.39, 0.29) is 0 Å². The zero-order valence-electron chi connectivity index (χ0n) is 8.40. The average Bonchev–Trinajstić information content (AvgIpc) is 2.29. The van der Waals surface area contributed by atoms with Crippen LogP contribution in [0.25, 0.3) is 0 Å². The average molecular weight is 167 g/mol. The summed E-state index contributed by atoms with van der Waals surface area (Å²) in [5, 5.41) is 0. The SMILES string of the molecule is CC1(C)CC2(CCCC2CN)C1. The van der Waals surface area contributed by atoms with E-state index in [0.29, 0.717) is 10.8 Å². The zero-order chi connectivity index (χ0) is 8.82. The van der Waals surface area contributed by atoms with E-state index in [1.54, 1.807) is 0 Å². The molecule has 0 aliphatic heterocycles. The molecule has 0 bridgehead atoms. The van der Waals surface area contributed by atoms with Crippen LogP contribution in [-0.4, -0.2) is 6.54 Å². The van der Waals surface area contributed by atoms with Gasteiger partial charge in [-0.1, -0.05) is 20.3 Å². The molecule has 0 aromatic rings. The van der Waals surface area contributed by atoms with Gasteiger partial charge in [0.05, 0.1) is 0 Å². The van der Waals surface area contributed by atoms with E-state index >= 15 is 0 Å². The van der Waals surface area contributed by atoms with Gasteiger partial charge in [0.25, 0.3) is 0 Å². The van der Waals surface area contributed by atoms with Crippen molar-refractivity contribution in [1.82, 2.24) is 0 Å². The Labute approximate surface area is 75.7 Å². The summed E-state index contributed by atoms with van der Waals surface area (Å²) in [5.74, 6) is 0.852.